The molecule has 26 heavy (non-hydrogen) atoms. The van der Waals surface area contributed by atoms with Crippen molar-refractivity contribution in [1.29, 1.82) is 0 Å². The van der Waals surface area contributed by atoms with Crippen LogP contribution in [-0.2, 0) is 7.05 Å². The van der Waals surface area contributed by atoms with Crippen molar-refractivity contribution in [3.63, 3.8) is 0 Å². The quantitative estimate of drug-likeness (QED) is 0.690. The van der Waals surface area contributed by atoms with Gasteiger partial charge in [0.1, 0.15) is 12.4 Å². The molecule has 2 aromatic heterocycles. The lowest BCUT2D eigenvalue weighted by atomic mass is 10.0. The molecule has 138 valence electrons. The molecule has 1 atom stereocenters. The Morgan fingerprint density at radius 2 is 2.00 bits per heavy atom. The van der Waals surface area contributed by atoms with Crippen molar-refractivity contribution < 1.29 is 4.74 Å². The minimum atomic E-state index is -0.0249. The van der Waals surface area contributed by atoms with Crippen LogP contribution < -0.4 is 15.6 Å². The Bertz CT molecular complexity index is 992. The van der Waals surface area contributed by atoms with E-state index in [4.69, 9.17) is 4.74 Å². The molecule has 0 unspecified atom stereocenters. The maximum Gasteiger partial charge on any atom is 0.260 e. The number of ether oxygens (including phenoxy) is 1. The number of nitrogens with one attached hydrogen (secondary N) is 1. The van der Waals surface area contributed by atoms with Gasteiger partial charge in [-0.2, -0.15) is 0 Å². The number of aromatic nitrogens is 2. The predicted octanol–water partition coefficient (Wildman–Crippen LogP) is 3.41. The van der Waals surface area contributed by atoms with E-state index in [0.29, 0.717) is 24.0 Å². The highest BCUT2D eigenvalue weighted by Gasteiger charge is 2.13. The summed E-state index contributed by atoms with van der Waals surface area (Å²) < 4.78 is 7.69. The summed E-state index contributed by atoms with van der Waals surface area (Å²) in [5.74, 6) is 1.39. The van der Waals surface area contributed by atoms with Crippen molar-refractivity contribution in [2.45, 2.75) is 33.2 Å². The summed E-state index contributed by atoms with van der Waals surface area (Å²) in [5, 5.41) is 5.96. The van der Waals surface area contributed by atoms with Gasteiger partial charge in [0, 0.05) is 30.7 Å². The monoisotopic (exact) mass is 353 g/mol. The number of aryl methyl sites for hydroxylation is 2. The molecule has 2 heterocycles. The average molecular weight is 353 g/mol. The summed E-state index contributed by atoms with van der Waals surface area (Å²) in [5.41, 5.74) is 1.61. The van der Waals surface area contributed by atoms with Crippen LogP contribution in [0, 0.1) is 12.8 Å². The van der Waals surface area contributed by atoms with Crippen LogP contribution in [0.2, 0.25) is 0 Å². The van der Waals surface area contributed by atoms with Crippen LogP contribution in [0.5, 0.6) is 5.75 Å². The highest BCUT2D eigenvalue weighted by Crippen LogP contribution is 2.27. The molecule has 0 aliphatic rings. The number of hydrogen-bond acceptors (Lipinski definition) is 4. The van der Waals surface area contributed by atoms with Crippen LogP contribution in [0.3, 0.4) is 0 Å². The number of rotatable bonds is 6. The van der Waals surface area contributed by atoms with E-state index < -0.39 is 0 Å². The summed E-state index contributed by atoms with van der Waals surface area (Å²) in [7, 11) is 3.76. The molecule has 0 saturated heterocycles. The Labute approximate surface area is 154 Å². The number of pyridine rings is 2. The van der Waals surface area contributed by atoms with Gasteiger partial charge in [-0.25, -0.2) is 0 Å². The second-order valence-electron chi connectivity index (χ2n) is 7.29. The van der Waals surface area contributed by atoms with E-state index in [1.54, 1.807) is 17.8 Å². The van der Waals surface area contributed by atoms with Crippen molar-refractivity contribution in [3.8, 4) is 5.75 Å². The first-order valence-corrected chi connectivity index (χ1v) is 9.10. The van der Waals surface area contributed by atoms with Crippen molar-refractivity contribution in [1.82, 2.24) is 14.9 Å². The van der Waals surface area contributed by atoms with Gasteiger partial charge in [0.05, 0.1) is 16.6 Å². The second-order valence-corrected chi connectivity index (χ2v) is 7.29. The summed E-state index contributed by atoms with van der Waals surface area (Å²) >= 11 is 0. The first-order valence-electron chi connectivity index (χ1n) is 9.10. The standard InChI is InChI=1S/C21H27N3O2/c1-13(2)10-15(22-4)12-26-16-6-7-17-18-8-9-23-14(3)20(18)21(25)24(5)19(17)11-16/h6-9,11,13,15,22H,10,12H2,1-5H3/t15-/m0/s1. The van der Waals surface area contributed by atoms with Crippen LogP contribution in [0.4, 0.5) is 0 Å². The van der Waals surface area contributed by atoms with E-state index in [0.717, 1.165) is 34.2 Å². The third kappa shape index (κ3) is 3.44. The molecule has 0 radical (unpaired) electrons. The highest BCUT2D eigenvalue weighted by atomic mass is 16.5. The molecule has 1 aromatic carbocycles. The van der Waals surface area contributed by atoms with Gasteiger partial charge in [-0.3, -0.25) is 9.78 Å². The lowest BCUT2D eigenvalue weighted by Crippen LogP contribution is -2.33. The normalized spacial score (nSPS) is 12.8. The Kier molecular flexibility index (Phi) is 5.28. The van der Waals surface area contributed by atoms with Crippen molar-refractivity contribution in [2.75, 3.05) is 13.7 Å². The minimum absolute atomic E-state index is 0.0249. The van der Waals surface area contributed by atoms with Crippen LogP contribution in [-0.4, -0.2) is 29.2 Å². The first-order chi connectivity index (χ1) is 12.4. The lowest BCUT2D eigenvalue weighted by Gasteiger charge is -2.19. The molecule has 0 aliphatic carbocycles. The molecule has 0 bridgehead atoms. The molecule has 0 aliphatic heterocycles. The molecule has 1 N–H and O–H groups in total. The SMILES string of the molecule is CN[C@H](COc1ccc2c3ccnc(C)c3c(=O)n(C)c2c1)CC(C)C. The topological polar surface area (TPSA) is 56.1 Å². The summed E-state index contributed by atoms with van der Waals surface area (Å²) in [6.45, 7) is 6.89. The Morgan fingerprint density at radius 1 is 1.23 bits per heavy atom. The molecule has 0 saturated carbocycles. The largest absolute Gasteiger partial charge is 0.492 e. The van der Waals surface area contributed by atoms with E-state index >= 15 is 0 Å². The van der Waals surface area contributed by atoms with Gasteiger partial charge in [0.25, 0.3) is 5.56 Å². The van der Waals surface area contributed by atoms with Gasteiger partial charge in [-0.15, -0.1) is 0 Å². The first kappa shape index (κ1) is 18.4. The zero-order chi connectivity index (χ0) is 18.8. The zero-order valence-electron chi connectivity index (χ0n) is 16.2. The molecule has 3 rings (SSSR count). The van der Waals surface area contributed by atoms with E-state index in [1.165, 1.54) is 0 Å². The number of likely N-dealkylation sites (N-methyl/N-ethyl adjacent to an activating group) is 1. The summed E-state index contributed by atoms with van der Waals surface area (Å²) in [4.78, 5) is 17.1. The minimum Gasteiger partial charge on any atom is -0.492 e. The number of nitrogens with zero attached hydrogens (tertiary/aromatic N) is 2. The Balaban J connectivity index is 2.00. The fraction of sp³-hybridized carbons (Fsp3) is 0.429. The Hall–Kier alpha value is -2.40. The van der Waals surface area contributed by atoms with Crippen LogP contribution >= 0.6 is 0 Å². The fourth-order valence-corrected chi connectivity index (χ4v) is 3.48. The summed E-state index contributed by atoms with van der Waals surface area (Å²) in [6.07, 6.45) is 2.81. The maximum absolute atomic E-state index is 12.8. The molecule has 5 heteroatoms. The third-order valence-corrected chi connectivity index (χ3v) is 4.90. The van der Waals surface area contributed by atoms with E-state index in [-0.39, 0.29) is 5.56 Å². The van der Waals surface area contributed by atoms with E-state index in [1.807, 2.05) is 38.2 Å². The predicted molar refractivity (Wildman–Crippen MR) is 107 cm³/mol. The Morgan fingerprint density at radius 3 is 2.69 bits per heavy atom. The molecule has 0 amide bonds. The van der Waals surface area contributed by atoms with Crippen LogP contribution in [0.1, 0.15) is 26.0 Å². The highest BCUT2D eigenvalue weighted by molar-refractivity contribution is 6.06. The molecule has 0 spiro atoms. The molecular weight excluding hydrogens is 326 g/mol. The van der Waals surface area contributed by atoms with Gasteiger partial charge in [-0.05, 0) is 49.9 Å². The third-order valence-electron chi connectivity index (χ3n) is 4.90. The van der Waals surface area contributed by atoms with Gasteiger partial charge < -0.3 is 14.6 Å². The van der Waals surface area contributed by atoms with E-state index in [2.05, 4.69) is 24.1 Å². The zero-order valence-corrected chi connectivity index (χ0v) is 16.2. The number of fused-ring (bicyclic) bond motifs is 3. The molecular formula is C21H27N3O2. The van der Waals surface area contributed by atoms with Crippen LogP contribution in [0.15, 0.2) is 35.3 Å². The molecule has 0 fully saturated rings. The van der Waals surface area contributed by atoms with Gasteiger partial charge in [-0.1, -0.05) is 13.8 Å². The van der Waals surface area contributed by atoms with Crippen molar-refractivity contribution in [2.24, 2.45) is 13.0 Å². The average Bonchev–Trinajstić information content (AvgIpc) is 2.62. The maximum atomic E-state index is 12.8. The fourth-order valence-electron chi connectivity index (χ4n) is 3.48. The van der Waals surface area contributed by atoms with Crippen molar-refractivity contribution >= 4 is 21.7 Å². The van der Waals surface area contributed by atoms with Gasteiger partial charge in [0.15, 0.2) is 0 Å². The molecule has 5 nitrogen and oxygen atoms in total. The second kappa shape index (κ2) is 7.46. The van der Waals surface area contributed by atoms with Crippen molar-refractivity contribution in [3.05, 3.63) is 46.5 Å². The number of hydrogen-bond donors (Lipinski definition) is 1. The lowest BCUT2D eigenvalue weighted by molar-refractivity contribution is 0.251. The van der Waals surface area contributed by atoms with Gasteiger partial charge >= 0.3 is 0 Å². The number of benzene rings is 1. The van der Waals surface area contributed by atoms with Crippen LogP contribution in [0.25, 0.3) is 21.7 Å². The van der Waals surface area contributed by atoms with Gasteiger partial charge in [0.2, 0.25) is 0 Å². The summed E-state index contributed by atoms with van der Waals surface area (Å²) in [6, 6.07) is 8.17. The van der Waals surface area contributed by atoms with E-state index in [9.17, 15) is 4.79 Å². The molecule has 3 aromatic rings. The smallest absolute Gasteiger partial charge is 0.260 e.